The SMILES string of the molecule is CC1(CNC(=O)C(CC(=O)O)NC(=O)OCC2c3ccccc3-c3ccccc32)CCCCC1. The van der Waals surface area contributed by atoms with Crippen LogP contribution in [-0.4, -0.2) is 42.3 Å². The molecule has 1 atom stereocenters. The highest BCUT2D eigenvalue weighted by atomic mass is 16.5. The van der Waals surface area contributed by atoms with Gasteiger partial charge in [0.15, 0.2) is 0 Å². The van der Waals surface area contributed by atoms with Crippen molar-refractivity contribution in [2.24, 2.45) is 5.41 Å². The summed E-state index contributed by atoms with van der Waals surface area (Å²) in [4.78, 5) is 36.7. The third-order valence-corrected chi connectivity index (χ3v) is 7.08. The summed E-state index contributed by atoms with van der Waals surface area (Å²) in [5.41, 5.74) is 4.40. The zero-order valence-corrected chi connectivity index (χ0v) is 19.5. The number of carbonyl (C=O) groups is 3. The second-order valence-corrected chi connectivity index (χ2v) is 9.71. The number of carbonyl (C=O) groups excluding carboxylic acids is 2. The van der Waals surface area contributed by atoms with E-state index in [4.69, 9.17) is 4.74 Å². The first kappa shape index (κ1) is 23.8. The van der Waals surface area contributed by atoms with E-state index in [9.17, 15) is 19.5 Å². The average molecular weight is 465 g/mol. The summed E-state index contributed by atoms with van der Waals surface area (Å²) in [5, 5.41) is 14.6. The second kappa shape index (κ2) is 10.3. The molecule has 0 radical (unpaired) electrons. The van der Waals surface area contributed by atoms with Gasteiger partial charge in [0.25, 0.3) is 0 Å². The van der Waals surface area contributed by atoms with E-state index >= 15 is 0 Å². The Balaban J connectivity index is 1.37. The van der Waals surface area contributed by atoms with E-state index < -0.39 is 30.4 Å². The summed E-state index contributed by atoms with van der Waals surface area (Å²) in [5.74, 6) is -1.78. The van der Waals surface area contributed by atoms with E-state index in [1.807, 2.05) is 48.5 Å². The molecule has 34 heavy (non-hydrogen) atoms. The maximum Gasteiger partial charge on any atom is 0.407 e. The third kappa shape index (κ3) is 5.41. The number of benzene rings is 2. The summed E-state index contributed by atoms with van der Waals surface area (Å²) in [6.45, 7) is 2.70. The van der Waals surface area contributed by atoms with Crippen molar-refractivity contribution >= 4 is 18.0 Å². The van der Waals surface area contributed by atoms with Crippen molar-refractivity contribution in [3.05, 3.63) is 59.7 Å². The molecule has 0 aromatic heterocycles. The predicted molar refractivity (Wildman–Crippen MR) is 128 cm³/mol. The van der Waals surface area contributed by atoms with Crippen LogP contribution in [0.3, 0.4) is 0 Å². The largest absolute Gasteiger partial charge is 0.481 e. The quantitative estimate of drug-likeness (QED) is 0.535. The van der Waals surface area contributed by atoms with E-state index in [2.05, 4.69) is 17.6 Å². The van der Waals surface area contributed by atoms with Gasteiger partial charge in [-0.15, -0.1) is 0 Å². The summed E-state index contributed by atoms with van der Waals surface area (Å²) in [6, 6.07) is 14.8. The van der Waals surface area contributed by atoms with Gasteiger partial charge in [-0.05, 0) is 40.5 Å². The molecule has 180 valence electrons. The zero-order valence-electron chi connectivity index (χ0n) is 19.5. The van der Waals surface area contributed by atoms with Gasteiger partial charge in [-0.3, -0.25) is 9.59 Å². The smallest absolute Gasteiger partial charge is 0.407 e. The lowest BCUT2D eigenvalue weighted by Crippen LogP contribution is -2.50. The minimum absolute atomic E-state index is 0.00540. The van der Waals surface area contributed by atoms with Crippen molar-refractivity contribution in [2.45, 2.75) is 57.4 Å². The summed E-state index contributed by atoms with van der Waals surface area (Å²) in [6.07, 6.45) is 4.20. The van der Waals surface area contributed by atoms with Crippen LogP contribution in [0.15, 0.2) is 48.5 Å². The fourth-order valence-corrected chi connectivity index (χ4v) is 5.17. The molecule has 2 amide bonds. The molecule has 0 aliphatic heterocycles. The summed E-state index contributed by atoms with van der Waals surface area (Å²) < 4.78 is 5.49. The molecule has 3 N–H and O–H groups in total. The molecule has 0 bridgehead atoms. The Labute approximate surface area is 199 Å². The number of carboxylic acids is 1. The number of nitrogens with one attached hydrogen (secondary N) is 2. The van der Waals surface area contributed by atoms with Crippen LogP contribution in [0.4, 0.5) is 4.79 Å². The summed E-state index contributed by atoms with van der Waals surface area (Å²) >= 11 is 0. The lowest BCUT2D eigenvalue weighted by atomic mass is 9.76. The second-order valence-electron chi connectivity index (χ2n) is 9.71. The van der Waals surface area contributed by atoms with Gasteiger partial charge in [-0.1, -0.05) is 74.7 Å². The fourth-order valence-electron chi connectivity index (χ4n) is 5.17. The highest BCUT2D eigenvalue weighted by molar-refractivity contribution is 5.89. The minimum atomic E-state index is -1.19. The molecule has 1 unspecified atom stereocenters. The maximum atomic E-state index is 12.7. The van der Waals surface area contributed by atoms with Crippen LogP contribution in [-0.2, 0) is 14.3 Å². The molecule has 0 spiro atoms. The van der Waals surface area contributed by atoms with Crippen LogP contribution in [0.5, 0.6) is 0 Å². The predicted octanol–water partition coefficient (Wildman–Crippen LogP) is 4.46. The van der Waals surface area contributed by atoms with Crippen LogP contribution in [0, 0.1) is 5.41 Å². The first-order chi connectivity index (χ1) is 16.4. The third-order valence-electron chi connectivity index (χ3n) is 7.08. The lowest BCUT2D eigenvalue weighted by Gasteiger charge is -2.34. The van der Waals surface area contributed by atoms with E-state index in [0.717, 1.165) is 47.9 Å². The molecule has 7 nitrogen and oxygen atoms in total. The molecule has 4 rings (SSSR count). The van der Waals surface area contributed by atoms with Crippen LogP contribution < -0.4 is 10.6 Å². The van der Waals surface area contributed by atoms with Crippen molar-refractivity contribution in [3.63, 3.8) is 0 Å². The van der Waals surface area contributed by atoms with Gasteiger partial charge in [-0.2, -0.15) is 0 Å². The van der Waals surface area contributed by atoms with Crippen LogP contribution in [0.1, 0.15) is 62.5 Å². The van der Waals surface area contributed by atoms with E-state index in [-0.39, 0.29) is 17.9 Å². The number of fused-ring (bicyclic) bond motifs is 3. The van der Waals surface area contributed by atoms with Gasteiger partial charge < -0.3 is 20.5 Å². The lowest BCUT2D eigenvalue weighted by molar-refractivity contribution is -0.139. The molecular weight excluding hydrogens is 432 g/mol. The van der Waals surface area contributed by atoms with Crippen molar-refractivity contribution < 1.29 is 24.2 Å². The Morgan fingerprint density at radius 2 is 1.59 bits per heavy atom. The zero-order chi connectivity index (χ0) is 24.1. The van der Waals surface area contributed by atoms with Gasteiger partial charge in [0.05, 0.1) is 6.42 Å². The van der Waals surface area contributed by atoms with Gasteiger partial charge in [0.1, 0.15) is 12.6 Å². The molecule has 1 saturated carbocycles. The fraction of sp³-hybridized carbons (Fsp3) is 0.444. The van der Waals surface area contributed by atoms with Crippen LogP contribution >= 0.6 is 0 Å². The highest BCUT2D eigenvalue weighted by Crippen LogP contribution is 2.44. The van der Waals surface area contributed by atoms with Gasteiger partial charge in [-0.25, -0.2) is 4.79 Å². The molecule has 2 aliphatic rings. The molecule has 2 aliphatic carbocycles. The van der Waals surface area contributed by atoms with Crippen molar-refractivity contribution in [1.29, 1.82) is 0 Å². The molecule has 2 aromatic rings. The number of ether oxygens (including phenoxy) is 1. The monoisotopic (exact) mass is 464 g/mol. The normalized spacial score (nSPS) is 17.2. The molecule has 2 aromatic carbocycles. The van der Waals surface area contributed by atoms with Gasteiger partial charge in [0.2, 0.25) is 5.91 Å². The van der Waals surface area contributed by atoms with Crippen molar-refractivity contribution in [2.75, 3.05) is 13.2 Å². The number of aliphatic carboxylic acids is 1. The average Bonchev–Trinajstić information content (AvgIpc) is 3.15. The van der Waals surface area contributed by atoms with E-state index in [1.54, 1.807) is 0 Å². The topological polar surface area (TPSA) is 105 Å². The molecule has 0 saturated heterocycles. The van der Waals surface area contributed by atoms with Crippen LogP contribution in [0.25, 0.3) is 11.1 Å². The minimum Gasteiger partial charge on any atom is -0.481 e. The Hall–Kier alpha value is -3.35. The Morgan fingerprint density at radius 1 is 1.00 bits per heavy atom. The number of carboxylic acid groups (broad SMARTS) is 1. The van der Waals surface area contributed by atoms with Crippen molar-refractivity contribution in [1.82, 2.24) is 10.6 Å². The standard InChI is InChI=1S/C27H32N2O5/c1-27(13-7-2-8-14-27)17-28-25(32)23(15-24(30)31)29-26(33)34-16-22-20-11-5-3-9-18(20)19-10-4-6-12-21(19)22/h3-6,9-12,22-23H,2,7-8,13-17H2,1H3,(H,28,32)(H,29,33)(H,30,31). The molecule has 0 heterocycles. The first-order valence-electron chi connectivity index (χ1n) is 12.0. The van der Waals surface area contributed by atoms with Crippen LogP contribution in [0.2, 0.25) is 0 Å². The highest BCUT2D eigenvalue weighted by Gasteiger charge is 2.32. The number of hydrogen-bond acceptors (Lipinski definition) is 4. The number of alkyl carbamates (subject to hydrolysis) is 1. The van der Waals surface area contributed by atoms with E-state index in [1.165, 1.54) is 6.42 Å². The number of rotatable bonds is 8. The molecule has 7 heteroatoms. The molecule has 1 fully saturated rings. The van der Waals surface area contributed by atoms with Gasteiger partial charge in [0, 0.05) is 12.5 Å². The number of amides is 2. The molecular formula is C27H32N2O5. The Bertz CT molecular complexity index is 1010. The first-order valence-corrected chi connectivity index (χ1v) is 12.0. The van der Waals surface area contributed by atoms with E-state index in [0.29, 0.717) is 6.54 Å². The Kier molecular flexibility index (Phi) is 7.20. The Morgan fingerprint density at radius 3 is 2.18 bits per heavy atom. The maximum absolute atomic E-state index is 12.7. The van der Waals surface area contributed by atoms with Crippen molar-refractivity contribution in [3.8, 4) is 11.1 Å². The van der Waals surface area contributed by atoms with Gasteiger partial charge >= 0.3 is 12.1 Å². The number of hydrogen-bond donors (Lipinski definition) is 3. The summed E-state index contributed by atoms with van der Waals surface area (Å²) in [7, 11) is 0.